The van der Waals surface area contributed by atoms with Crippen LogP contribution in [0.4, 0.5) is 24.5 Å². The summed E-state index contributed by atoms with van der Waals surface area (Å²) in [5.74, 6) is -1.73. The quantitative estimate of drug-likeness (QED) is 0.315. The van der Waals surface area contributed by atoms with Gasteiger partial charge in [0.05, 0.1) is 5.69 Å². The first-order valence-corrected chi connectivity index (χ1v) is 11.7. The average Bonchev–Trinajstić information content (AvgIpc) is 2.91. The molecule has 0 saturated carbocycles. The van der Waals surface area contributed by atoms with E-state index in [9.17, 15) is 23.6 Å². The van der Waals surface area contributed by atoms with Gasteiger partial charge in [0, 0.05) is 12.0 Å². The number of ether oxygens (including phenoxy) is 3. The Morgan fingerprint density at radius 3 is 2.03 bits per heavy atom. The zero-order chi connectivity index (χ0) is 28.6. The fourth-order valence-electron chi connectivity index (χ4n) is 3.64. The molecule has 2 rings (SSSR count). The summed E-state index contributed by atoms with van der Waals surface area (Å²) >= 11 is 0. The molecule has 1 aromatic carbocycles. The van der Waals surface area contributed by atoms with Crippen molar-refractivity contribution in [3.63, 3.8) is 0 Å². The number of hydrogen-bond donors (Lipinski definition) is 1. The Hall–Kier alpha value is -3.63. The van der Waals surface area contributed by atoms with E-state index < -0.39 is 52.3 Å². The first kappa shape index (κ1) is 29.6. The molecule has 0 spiro atoms. The van der Waals surface area contributed by atoms with Crippen LogP contribution in [-0.4, -0.2) is 46.0 Å². The minimum Gasteiger partial charge on any atom is -0.443 e. The fraction of sp³-hybridized carbons (Fsp3) is 0.538. The van der Waals surface area contributed by atoms with Gasteiger partial charge in [0.25, 0.3) is 5.91 Å². The Kier molecular flexibility index (Phi) is 8.02. The monoisotopic (exact) mass is 521 g/mol. The maximum Gasteiger partial charge on any atom is 0.430 e. The summed E-state index contributed by atoms with van der Waals surface area (Å²) in [6, 6.07) is 3.29. The Labute approximate surface area is 216 Å². The molecular weight excluding hydrogens is 485 g/mol. The van der Waals surface area contributed by atoms with Crippen LogP contribution in [-0.2, 0) is 24.5 Å². The van der Waals surface area contributed by atoms with Crippen LogP contribution in [0.15, 0.2) is 30.9 Å². The molecule has 1 N–H and O–H groups in total. The summed E-state index contributed by atoms with van der Waals surface area (Å²) in [6.45, 7) is 18.1. The van der Waals surface area contributed by atoms with Crippen LogP contribution in [0, 0.1) is 5.82 Å². The molecule has 0 bridgehead atoms. The molecule has 0 aliphatic carbocycles. The second-order valence-electron chi connectivity index (χ2n) is 11.6. The highest BCUT2D eigenvalue weighted by Gasteiger charge is 2.60. The minimum absolute atomic E-state index is 0.0259. The number of halogens is 1. The molecular formula is C26H36FN3O7. The molecule has 0 aromatic heterocycles. The van der Waals surface area contributed by atoms with E-state index in [2.05, 4.69) is 12.0 Å². The van der Waals surface area contributed by atoms with Gasteiger partial charge in [0.2, 0.25) is 0 Å². The molecule has 0 fully saturated rings. The normalized spacial score (nSPS) is 17.6. The van der Waals surface area contributed by atoms with Crippen LogP contribution in [0.5, 0.6) is 0 Å². The zero-order valence-corrected chi connectivity index (χ0v) is 22.9. The highest BCUT2D eigenvalue weighted by molar-refractivity contribution is 6.21. The number of carbonyl (C=O) groups is 4. The van der Waals surface area contributed by atoms with Gasteiger partial charge in [-0.25, -0.2) is 29.1 Å². The lowest BCUT2D eigenvalue weighted by Gasteiger charge is -2.39. The number of imide groups is 1. The molecule has 37 heavy (non-hydrogen) atoms. The molecule has 0 saturated heterocycles. The highest BCUT2D eigenvalue weighted by Crippen LogP contribution is 2.47. The molecule has 0 radical (unpaired) electrons. The number of carbonyl (C=O) groups excluding carboxylic acids is 4. The molecule has 11 heteroatoms. The number of benzene rings is 1. The van der Waals surface area contributed by atoms with Crippen molar-refractivity contribution in [2.24, 2.45) is 0 Å². The number of fused-ring (bicyclic) bond motifs is 1. The topological polar surface area (TPSA) is 114 Å². The Balaban J connectivity index is 2.80. The number of nitrogens with zero attached hydrogens (tertiary/aromatic N) is 2. The van der Waals surface area contributed by atoms with Gasteiger partial charge in [-0.05, 0) is 80.5 Å². The highest BCUT2D eigenvalue weighted by atomic mass is 19.1. The van der Waals surface area contributed by atoms with Crippen LogP contribution < -0.4 is 10.3 Å². The van der Waals surface area contributed by atoms with E-state index in [0.29, 0.717) is 9.91 Å². The van der Waals surface area contributed by atoms with E-state index in [1.165, 1.54) is 12.1 Å². The zero-order valence-electron chi connectivity index (χ0n) is 22.9. The molecule has 10 nitrogen and oxygen atoms in total. The van der Waals surface area contributed by atoms with Gasteiger partial charge in [-0.3, -0.25) is 4.79 Å². The first-order chi connectivity index (χ1) is 16.7. The third-order valence-electron chi connectivity index (χ3n) is 4.78. The number of anilines is 1. The molecule has 0 unspecified atom stereocenters. The molecule has 1 aliphatic heterocycles. The Morgan fingerprint density at radius 2 is 1.54 bits per heavy atom. The number of rotatable bonds is 3. The predicted octanol–water partition coefficient (Wildman–Crippen LogP) is 5.56. The first-order valence-electron chi connectivity index (χ1n) is 11.7. The van der Waals surface area contributed by atoms with Crippen molar-refractivity contribution in [2.45, 2.75) is 91.1 Å². The standard InChI is InChI=1S/C26H36FN3O7/c1-11-14-26(30(22(34)37-25(8,9)10)28-20(32)35-23(2,3)4)17-15-16(27)12-13-18(17)29(19(26)31)21(33)36-24(5,6)7/h11-13,15H,1,14H2,2-10H3,(H,28,32)/t26-/m0/s1. The van der Waals surface area contributed by atoms with Crippen molar-refractivity contribution in [2.75, 3.05) is 4.90 Å². The summed E-state index contributed by atoms with van der Waals surface area (Å²) in [6.07, 6.45) is -2.29. The SMILES string of the molecule is C=CC[C@@]1(N(NC(=O)OC(C)(C)C)C(=O)OC(C)(C)C)C(=O)N(C(=O)OC(C)(C)C)c2ccc(F)cc21. The Morgan fingerprint density at radius 1 is 1.00 bits per heavy atom. The Bertz CT molecular complexity index is 1100. The molecule has 1 aromatic rings. The van der Waals surface area contributed by atoms with Crippen molar-refractivity contribution < 1.29 is 37.8 Å². The van der Waals surface area contributed by atoms with Gasteiger partial charge in [-0.2, -0.15) is 5.01 Å². The largest absolute Gasteiger partial charge is 0.443 e. The third-order valence-corrected chi connectivity index (χ3v) is 4.78. The van der Waals surface area contributed by atoms with Crippen LogP contribution in [0.3, 0.4) is 0 Å². The summed E-state index contributed by atoms with van der Waals surface area (Å²) in [5.41, 5.74) is -2.94. The smallest absolute Gasteiger partial charge is 0.430 e. The summed E-state index contributed by atoms with van der Waals surface area (Å²) < 4.78 is 30.8. The second-order valence-corrected chi connectivity index (χ2v) is 11.6. The summed E-state index contributed by atoms with van der Waals surface area (Å²) in [7, 11) is 0. The van der Waals surface area contributed by atoms with Gasteiger partial charge < -0.3 is 14.2 Å². The third kappa shape index (κ3) is 6.78. The molecule has 4 amide bonds. The van der Waals surface area contributed by atoms with Crippen molar-refractivity contribution in [1.82, 2.24) is 10.4 Å². The van der Waals surface area contributed by atoms with Gasteiger partial charge in [0.15, 0.2) is 5.54 Å². The number of hydrazine groups is 1. The fourth-order valence-corrected chi connectivity index (χ4v) is 3.64. The van der Waals surface area contributed by atoms with Gasteiger partial charge in [-0.1, -0.05) is 6.08 Å². The maximum absolute atomic E-state index is 14.6. The second kappa shape index (κ2) is 10.0. The van der Waals surface area contributed by atoms with E-state index >= 15 is 0 Å². The molecule has 1 aliphatic rings. The number of hydrogen-bond acceptors (Lipinski definition) is 7. The molecule has 1 atom stereocenters. The van der Waals surface area contributed by atoms with E-state index in [4.69, 9.17) is 14.2 Å². The van der Waals surface area contributed by atoms with E-state index in [0.717, 1.165) is 12.1 Å². The van der Waals surface area contributed by atoms with Gasteiger partial charge in [-0.15, -0.1) is 6.58 Å². The van der Waals surface area contributed by atoms with Crippen LogP contribution in [0.25, 0.3) is 0 Å². The van der Waals surface area contributed by atoms with Gasteiger partial charge >= 0.3 is 18.3 Å². The predicted molar refractivity (Wildman–Crippen MR) is 134 cm³/mol. The molecule has 1 heterocycles. The summed E-state index contributed by atoms with van der Waals surface area (Å²) in [5, 5.41) is 0.624. The van der Waals surface area contributed by atoms with E-state index in [1.54, 1.807) is 62.3 Å². The minimum atomic E-state index is -2.16. The van der Waals surface area contributed by atoms with Crippen molar-refractivity contribution in [1.29, 1.82) is 0 Å². The van der Waals surface area contributed by atoms with Crippen molar-refractivity contribution >= 4 is 29.9 Å². The van der Waals surface area contributed by atoms with Crippen LogP contribution in [0.2, 0.25) is 0 Å². The lowest BCUT2D eigenvalue weighted by molar-refractivity contribution is -0.132. The lowest BCUT2D eigenvalue weighted by atomic mass is 9.87. The molecule has 204 valence electrons. The maximum atomic E-state index is 14.6. The lowest BCUT2D eigenvalue weighted by Crippen LogP contribution is -2.63. The van der Waals surface area contributed by atoms with E-state index in [-0.39, 0.29) is 17.7 Å². The van der Waals surface area contributed by atoms with Crippen molar-refractivity contribution in [3.05, 3.63) is 42.2 Å². The van der Waals surface area contributed by atoms with Crippen LogP contribution >= 0.6 is 0 Å². The summed E-state index contributed by atoms with van der Waals surface area (Å²) in [4.78, 5) is 54.3. The van der Waals surface area contributed by atoms with E-state index in [1.807, 2.05) is 0 Å². The number of amides is 4. The van der Waals surface area contributed by atoms with Gasteiger partial charge in [0.1, 0.15) is 22.6 Å². The van der Waals surface area contributed by atoms with Crippen LogP contribution in [0.1, 0.15) is 74.3 Å². The average molecular weight is 522 g/mol. The van der Waals surface area contributed by atoms with Crippen molar-refractivity contribution in [3.8, 4) is 0 Å². The number of nitrogens with one attached hydrogen (secondary N) is 1.